The van der Waals surface area contributed by atoms with Crippen LogP contribution in [0.4, 0.5) is 11.6 Å². The highest BCUT2D eigenvalue weighted by molar-refractivity contribution is 9.10. The molecule has 1 aromatic heterocycles. The highest BCUT2D eigenvalue weighted by Gasteiger charge is 2.08. The van der Waals surface area contributed by atoms with Crippen molar-refractivity contribution in [2.75, 3.05) is 19.0 Å². The van der Waals surface area contributed by atoms with Gasteiger partial charge in [-0.1, -0.05) is 11.6 Å². The molecule has 6 heteroatoms. The van der Waals surface area contributed by atoms with Gasteiger partial charge in [-0.05, 0) is 40.5 Å². The highest BCUT2D eigenvalue weighted by atomic mass is 79.9. The van der Waals surface area contributed by atoms with E-state index in [4.69, 9.17) is 16.3 Å². The molecule has 0 amide bonds. The number of imidazole rings is 1. The van der Waals surface area contributed by atoms with E-state index < -0.39 is 0 Å². The van der Waals surface area contributed by atoms with Crippen molar-refractivity contribution in [3.8, 4) is 0 Å². The lowest BCUT2D eigenvalue weighted by atomic mass is 10.2. The predicted molar refractivity (Wildman–Crippen MR) is 81.3 cm³/mol. The van der Waals surface area contributed by atoms with Crippen LogP contribution in [0, 0.1) is 6.92 Å². The zero-order valence-corrected chi connectivity index (χ0v) is 13.1. The Balaban J connectivity index is 2.21. The Hall–Kier alpha value is -1.04. The second-order valence-electron chi connectivity index (χ2n) is 4.14. The topological polar surface area (TPSA) is 39.1 Å². The lowest BCUT2D eigenvalue weighted by Crippen LogP contribution is -2.07. The number of methoxy groups -OCH3 is 1. The van der Waals surface area contributed by atoms with Gasteiger partial charge in [-0.2, -0.15) is 0 Å². The summed E-state index contributed by atoms with van der Waals surface area (Å²) < 4.78 is 8.02. The maximum Gasteiger partial charge on any atom is 0.207 e. The van der Waals surface area contributed by atoms with Crippen molar-refractivity contribution in [3.05, 3.63) is 39.6 Å². The number of aryl methyl sites for hydroxylation is 1. The van der Waals surface area contributed by atoms with E-state index >= 15 is 0 Å². The lowest BCUT2D eigenvalue weighted by Gasteiger charge is -2.12. The minimum atomic E-state index is 0.640. The molecular formula is C13H15BrClN3O. The van der Waals surface area contributed by atoms with Crippen molar-refractivity contribution < 1.29 is 4.74 Å². The molecule has 0 atom stereocenters. The zero-order valence-electron chi connectivity index (χ0n) is 10.8. The fraction of sp³-hybridized carbons (Fsp3) is 0.308. The van der Waals surface area contributed by atoms with Crippen LogP contribution < -0.4 is 5.32 Å². The van der Waals surface area contributed by atoms with Crippen molar-refractivity contribution in [3.63, 3.8) is 0 Å². The van der Waals surface area contributed by atoms with Crippen molar-refractivity contribution in [1.29, 1.82) is 0 Å². The Morgan fingerprint density at radius 2 is 2.26 bits per heavy atom. The van der Waals surface area contributed by atoms with E-state index in [0.717, 1.165) is 33.2 Å². The van der Waals surface area contributed by atoms with Gasteiger partial charge in [0.25, 0.3) is 0 Å². The smallest absolute Gasteiger partial charge is 0.207 e. The molecule has 4 nitrogen and oxygen atoms in total. The predicted octanol–water partition coefficient (Wildman–Crippen LogP) is 4.00. The van der Waals surface area contributed by atoms with E-state index in [0.29, 0.717) is 6.61 Å². The van der Waals surface area contributed by atoms with Crippen LogP contribution >= 0.6 is 27.5 Å². The van der Waals surface area contributed by atoms with Gasteiger partial charge in [-0.15, -0.1) is 0 Å². The molecular weight excluding hydrogens is 330 g/mol. The molecule has 19 heavy (non-hydrogen) atoms. The van der Waals surface area contributed by atoms with Gasteiger partial charge in [0.2, 0.25) is 5.95 Å². The molecule has 0 unspecified atom stereocenters. The summed E-state index contributed by atoms with van der Waals surface area (Å²) in [6.45, 7) is 3.35. The van der Waals surface area contributed by atoms with Gasteiger partial charge in [0.05, 0.1) is 12.3 Å². The molecule has 0 bridgehead atoms. The minimum Gasteiger partial charge on any atom is -0.383 e. The van der Waals surface area contributed by atoms with Gasteiger partial charge in [-0.25, -0.2) is 4.98 Å². The monoisotopic (exact) mass is 343 g/mol. The number of hydrogen-bond acceptors (Lipinski definition) is 3. The first-order chi connectivity index (χ1) is 9.11. The Bertz CT molecular complexity index is 571. The van der Waals surface area contributed by atoms with E-state index in [2.05, 4.69) is 26.2 Å². The molecule has 0 fully saturated rings. The van der Waals surface area contributed by atoms with Crippen molar-refractivity contribution in [1.82, 2.24) is 9.55 Å². The normalized spacial score (nSPS) is 10.7. The van der Waals surface area contributed by atoms with Crippen LogP contribution in [-0.4, -0.2) is 23.3 Å². The highest BCUT2D eigenvalue weighted by Crippen LogP contribution is 2.30. The molecule has 0 aliphatic carbocycles. The summed E-state index contributed by atoms with van der Waals surface area (Å²) in [6.07, 6.45) is 3.66. The molecule has 102 valence electrons. The largest absolute Gasteiger partial charge is 0.383 e. The molecule has 1 N–H and O–H groups in total. The van der Waals surface area contributed by atoms with E-state index in [-0.39, 0.29) is 0 Å². The Labute approximate surface area is 125 Å². The maximum absolute atomic E-state index is 6.14. The first-order valence-corrected chi connectivity index (χ1v) is 7.01. The maximum atomic E-state index is 6.14. The first-order valence-electron chi connectivity index (χ1n) is 5.84. The van der Waals surface area contributed by atoms with Gasteiger partial charge in [0.1, 0.15) is 0 Å². The molecule has 0 radical (unpaired) electrons. The Morgan fingerprint density at radius 1 is 1.47 bits per heavy atom. The first kappa shape index (κ1) is 14.4. The molecule has 0 aliphatic heterocycles. The lowest BCUT2D eigenvalue weighted by molar-refractivity contribution is 0.188. The van der Waals surface area contributed by atoms with Gasteiger partial charge in [-0.3, -0.25) is 0 Å². The van der Waals surface area contributed by atoms with Gasteiger partial charge < -0.3 is 14.6 Å². The third-order valence-electron chi connectivity index (χ3n) is 2.75. The number of benzene rings is 1. The van der Waals surface area contributed by atoms with Crippen LogP contribution in [0.25, 0.3) is 0 Å². The number of rotatable bonds is 5. The van der Waals surface area contributed by atoms with Gasteiger partial charge in [0.15, 0.2) is 0 Å². The SMILES string of the molecule is COCCn1ccnc1Nc1cc(Cl)c(C)cc1Br. The average Bonchev–Trinajstić information content (AvgIpc) is 2.81. The summed E-state index contributed by atoms with van der Waals surface area (Å²) in [4.78, 5) is 4.29. The third-order valence-corrected chi connectivity index (χ3v) is 3.81. The summed E-state index contributed by atoms with van der Waals surface area (Å²) in [7, 11) is 1.68. The standard InChI is InChI=1S/C13H15BrClN3O/c1-9-7-10(14)12(8-11(9)15)17-13-16-3-4-18(13)5-6-19-2/h3-4,7-8H,5-6H2,1-2H3,(H,16,17). The molecule has 0 spiro atoms. The molecule has 2 aromatic rings. The third kappa shape index (κ3) is 3.49. The summed E-state index contributed by atoms with van der Waals surface area (Å²) in [6, 6.07) is 3.86. The number of hydrogen-bond donors (Lipinski definition) is 1. The number of nitrogens with one attached hydrogen (secondary N) is 1. The van der Waals surface area contributed by atoms with Crippen LogP contribution in [0.5, 0.6) is 0 Å². The number of nitrogens with zero attached hydrogens (tertiary/aromatic N) is 2. The molecule has 0 aliphatic rings. The number of aromatic nitrogens is 2. The fourth-order valence-corrected chi connectivity index (χ4v) is 2.39. The average molecular weight is 345 g/mol. The van der Waals surface area contributed by atoms with Crippen molar-refractivity contribution in [2.24, 2.45) is 0 Å². The van der Waals surface area contributed by atoms with Gasteiger partial charge >= 0.3 is 0 Å². The second-order valence-corrected chi connectivity index (χ2v) is 5.40. The minimum absolute atomic E-state index is 0.640. The van der Waals surface area contributed by atoms with E-state index in [1.54, 1.807) is 13.3 Å². The van der Waals surface area contributed by atoms with Crippen LogP contribution in [0.2, 0.25) is 5.02 Å². The quantitative estimate of drug-likeness (QED) is 0.891. The van der Waals surface area contributed by atoms with E-state index in [1.165, 1.54) is 0 Å². The second kappa shape index (κ2) is 6.41. The van der Waals surface area contributed by atoms with E-state index in [9.17, 15) is 0 Å². The summed E-state index contributed by atoms with van der Waals surface area (Å²) in [5.74, 6) is 0.762. The molecule has 1 heterocycles. The van der Waals surface area contributed by atoms with Crippen LogP contribution in [0.3, 0.4) is 0 Å². The molecule has 0 saturated heterocycles. The molecule has 1 aromatic carbocycles. The molecule has 0 saturated carbocycles. The summed E-state index contributed by atoms with van der Waals surface area (Å²) >= 11 is 9.66. The number of halogens is 2. The fourth-order valence-electron chi connectivity index (χ4n) is 1.67. The Morgan fingerprint density at radius 3 is 3.00 bits per heavy atom. The zero-order chi connectivity index (χ0) is 13.8. The molecule has 2 rings (SSSR count). The van der Waals surface area contributed by atoms with Crippen LogP contribution in [-0.2, 0) is 11.3 Å². The summed E-state index contributed by atoms with van der Waals surface area (Å²) in [5, 5.41) is 3.99. The number of anilines is 2. The Kier molecular flexibility index (Phi) is 4.85. The van der Waals surface area contributed by atoms with Gasteiger partial charge in [0, 0.05) is 35.5 Å². The summed E-state index contributed by atoms with van der Waals surface area (Å²) in [5.41, 5.74) is 1.92. The van der Waals surface area contributed by atoms with Crippen molar-refractivity contribution >= 4 is 39.2 Å². The van der Waals surface area contributed by atoms with Crippen molar-refractivity contribution in [2.45, 2.75) is 13.5 Å². The van der Waals surface area contributed by atoms with E-state index in [1.807, 2.05) is 29.8 Å². The van der Waals surface area contributed by atoms with Crippen LogP contribution in [0.15, 0.2) is 29.0 Å². The van der Waals surface area contributed by atoms with Crippen LogP contribution in [0.1, 0.15) is 5.56 Å². The number of ether oxygens (including phenoxy) is 1.